The van der Waals surface area contributed by atoms with Gasteiger partial charge in [0.2, 0.25) is 0 Å². The van der Waals surface area contributed by atoms with E-state index in [-0.39, 0.29) is 5.91 Å². The molecule has 1 amide bonds. The highest BCUT2D eigenvalue weighted by Gasteiger charge is 2.22. The van der Waals surface area contributed by atoms with Crippen molar-refractivity contribution in [3.8, 4) is 11.5 Å². The summed E-state index contributed by atoms with van der Waals surface area (Å²) in [6.07, 6.45) is 1.30. The van der Waals surface area contributed by atoms with Gasteiger partial charge in [0.05, 0.1) is 19.8 Å². The number of rotatable bonds is 6. The van der Waals surface area contributed by atoms with Gasteiger partial charge in [-0.2, -0.15) is 0 Å². The Kier molecular flexibility index (Phi) is 6.28. The number of methoxy groups -OCH3 is 2. The van der Waals surface area contributed by atoms with Crippen LogP contribution in [0.1, 0.15) is 30.6 Å². The molecule has 5 nitrogen and oxygen atoms in total. The molecule has 1 saturated heterocycles. The lowest BCUT2D eigenvalue weighted by Crippen LogP contribution is -2.42. The average Bonchev–Trinajstić information content (AvgIpc) is 2.52. The molecule has 1 aromatic rings. The Morgan fingerprint density at radius 2 is 1.91 bits per heavy atom. The number of nitrogens with zero attached hydrogens (tertiary/aromatic N) is 1. The number of piperidine rings is 1. The Balaban J connectivity index is 1.90. The first-order chi connectivity index (χ1) is 11.0. The van der Waals surface area contributed by atoms with E-state index in [1.54, 1.807) is 32.4 Å². The maximum Gasteiger partial charge on any atom is 0.255 e. The van der Waals surface area contributed by atoms with Crippen molar-refractivity contribution >= 4 is 5.91 Å². The summed E-state index contributed by atoms with van der Waals surface area (Å²) in [6.45, 7) is 8.33. The average molecular weight is 320 g/mol. The molecule has 0 aliphatic carbocycles. The summed E-state index contributed by atoms with van der Waals surface area (Å²) < 4.78 is 10.6. The summed E-state index contributed by atoms with van der Waals surface area (Å²) in [5, 5.41) is 2.99. The summed E-state index contributed by atoms with van der Waals surface area (Å²) >= 11 is 0. The molecule has 128 valence electrons. The standard InChI is InChI=1S/C18H28N2O3/c1-13-10-14(2)12-20(11-13)9-8-19-18(21)15-6-5-7-16(22-3)17(15)23-4/h5-7,13-14H,8-12H2,1-4H3,(H,19,21)/t13-,14-/m0/s1. The molecule has 2 atom stereocenters. The second-order valence-corrected chi connectivity index (χ2v) is 6.50. The van der Waals surface area contributed by atoms with Crippen LogP contribution in [0.5, 0.6) is 11.5 Å². The molecule has 5 heteroatoms. The molecule has 0 radical (unpaired) electrons. The smallest absolute Gasteiger partial charge is 0.255 e. The normalized spacial score (nSPS) is 21.7. The first-order valence-electron chi connectivity index (χ1n) is 8.26. The van der Waals surface area contributed by atoms with Crippen LogP contribution in [0.3, 0.4) is 0 Å². The Bertz CT molecular complexity index is 523. The topological polar surface area (TPSA) is 50.8 Å². The molecule has 1 aliphatic rings. The number of para-hydroxylation sites is 1. The van der Waals surface area contributed by atoms with Crippen molar-refractivity contribution in [1.82, 2.24) is 10.2 Å². The van der Waals surface area contributed by atoms with Crippen molar-refractivity contribution < 1.29 is 14.3 Å². The monoisotopic (exact) mass is 320 g/mol. The van der Waals surface area contributed by atoms with Crippen molar-refractivity contribution in [2.45, 2.75) is 20.3 Å². The van der Waals surface area contributed by atoms with Crippen LogP contribution in [-0.4, -0.2) is 51.2 Å². The number of ether oxygens (including phenoxy) is 2. The van der Waals surface area contributed by atoms with Gasteiger partial charge in [-0.3, -0.25) is 4.79 Å². The zero-order valence-corrected chi connectivity index (χ0v) is 14.6. The first-order valence-corrected chi connectivity index (χ1v) is 8.26. The van der Waals surface area contributed by atoms with Gasteiger partial charge in [0.25, 0.3) is 5.91 Å². The molecule has 0 bridgehead atoms. The van der Waals surface area contributed by atoms with E-state index in [2.05, 4.69) is 24.1 Å². The molecule has 0 aromatic heterocycles. The van der Waals surface area contributed by atoms with Crippen LogP contribution in [0, 0.1) is 11.8 Å². The van der Waals surface area contributed by atoms with Crippen molar-refractivity contribution in [3.05, 3.63) is 23.8 Å². The Morgan fingerprint density at radius 3 is 2.52 bits per heavy atom. The highest BCUT2D eigenvalue weighted by atomic mass is 16.5. The van der Waals surface area contributed by atoms with Gasteiger partial charge in [0, 0.05) is 26.2 Å². The lowest BCUT2D eigenvalue weighted by molar-refractivity contribution is 0.0933. The van der Waals surface area contributed by atoms with Crippen LogP contribution in [-0.2, 0) is 0 Å². The zero-order chi connectivity index (χ0) is 16.8. The SMILES string of the molecule is COc1cccc(C(=O)NCCN2C[C@@H](C)C[C@H](C)C2)c1OC. The van der Waals surface area contributed by atoms with Crippen molar-refractivity contribution in [2.24, 2.45) is 11.8 Å². The number of likely N-dealkylation sites (tertiary alicyclic amines) is 1. The minimum atomic E-state index is -0.126. The van der Waals surface area contributed by atoms with E-state index in [1.165, 1.54) is 6.42 Å². The zero-order valence-electron chi connectivity index (χ0n) is 14.6. The summed E-state index contributed by atoms with van der Waals surface area (Å²) in [5.41, 5.74) is 0.507. The number of benzene rings is 1. The summed E-state index contributed by atoms with van der Waals surface area (Å²) in [4.78, 5) is 14.8. The Morgan fingerprint density at radius 1 is 1.22 bits per heavy atom. The predicted molar refractivity (Wildman–Crippen MR) is 91.3 cm³/mol. The lowest BCUT2D eigenvalue weighted by atomic mass is 9.92. The number of hydrogen-bond donors (Lipinski definition) is 1. The number of hydrogen-bond acceptors (Lipinski definition) is 4. The van der Waals surface area contributed by atoms with Crippen LogP contribution >= 0.6 is 0 Å². The predicted octanol–water partition coefficient (Wildman–Crippen LogP) is 2.41. The number of amides is 1. The van der Waals surface area contributed by atoms with Crippen LogP contribution in [0.15, 0.2) is 18.2 Å². The third-order valence-corrected chi connectivity index (χ3v) is 4.31. The van der Waals surface area contributed by atoms with Crippen LogP contribution in [0.4, 0.5) is 0 Å². The van der Waals surface area contributed by atoms with Gasteiger partial charge in [-0.1, -0.05) is 19.9 Å². The molecular weight excluding hydrogens is 292 g/mol. The Labute approximate surface area is 139 Å². The van der Waals surface area contributed by atoms with E-state index >= 15 is 0 Å². The van der Waals surface area contributed by atoms with Crippen molar-refractivity contribution in [2.75, 3.05) is 40.4 Å². The second kappa shape index (κ2) is 8.20. The summed E-state index contributed by atoms with van der Waals surface area (Å²) in [5.74, 6) is 2.38. The maximum absolute atomic E-state index is 12.4. The van der Waals surface area contributed by atoms with Crippen LogP contribution in [0.2, 0.25) is 0 Å². The molecule has 1 fully saturated rings. The molecule has 23 heavy (non-hydrogen) atoms. The van der Waals surface area contributed by atoms with Crippen LogP contribution in [0.25, 0.3) is 0 Å². The van der Waals surface area contributed by atoms with E-state index in [0.29, 0.717) is 23.6 Å². The Hall–Kier alpha value is -1.75. The third kappa shape index (κ3) is 4.61. The first kappa shape index (κ1) is 17.6. The summed E-state index contributed by atoms with van der Waals surface area (Å²) in [7, 11) is 3.11. The molecule has 2 rings (SSSR count). The van der Waals surface area contributed by atoms with E-state index in [4.69, 9.17) is 9.47 Å². The molecular formula is C18H28N2O3. The minimum absolute atomic E-state index is 0.126. The molecule has 1 aromatic carbocycles. The maximum atomic E-state index is 12.4. The third-order valence-electron chi connectivity index (χ3n) is 4.31. The fourth-order valence-electron chi connectivity index (χ4n) is 3.46. The van der Waals surface area contributed by atoms with E-state index in [1.807, 2.05) is 0 Å². The molecule has 1 heterocycles. The molecule has 1 aliphatic heterocycles. The quantitative estimate of drug-likeness (QED) is 0.874. The largest absolute Gasteiger partial charge is 0.493 e. The number of carbonyl (C=O) groups excluding carboxylic acids is 1. The molecule has 0 unspecified atom stereocenters. The van der Waals surface area contributed by atoms with E-state index in [9.17, 15) is 4.79 Å². The molecule has 1 N–H and O–H groups in total. The summed E-state index contributed by atoms with van der Waals surface area (Å²) in [6, 6.07) is 5.33. The van der Waals surface area contributed by atoms with Gasteiger partial charge in [-0.25, -0.2) is 0 Å². The van der Waals surface area contributed by atoms with Gasteiger partial charge in [-0.05, 0) is 30.4 Å². The van der Waals surface area contributed by atoms with Gasteiger partial charge >= 0.3 is 0 Å². The lowest BCUT2D eigenvalue weighted by Gasteiger charge is -2.34. The number of carbonyl (C=O) groups is 1. The van der Waals surface area contributed by atoms with E-state index in [0.717, 1.165) is 31.5 Å². The second-order valence-electron chi connectivity index (χ2n) is 6.50. The fraction of sp³-hybridized carbons (Fsp3) is 0.611. The highest BCUT2D eigenvalue weighted by molar-refractivity contribution is 5.97. The van der Waals surface area contributed by atoms with Gasteiger partial charge in [0.1, 0.15) is 0 Å². The molecule has 0 spiro atoms. The van der Waals surface area contributed by atoms with Crippen molar-refractivity contribution in [3.63, 3.8) is 0 Å². The number of nitrogens with one attached hydrogen (secondary N) is 1. The molecule has 0 saturated carbocycles. The van der Waals surface area contributed by atoms with Crippen LogP contribution < -0.4 is 14.8 Å². The fourth-order valence-corrected chi connectivity index (χ4v) is 3.46. The highest BCUT2D eigenvalue weighted by Crippen LogP contribution is 2.30. The van der Waals surface area contributed by atoms with Gasteiger partial charge < -0.3 is 19.7 Å². The van der Waals surface area contributed by atoms with Crippen molar-refractivity contribution in [1.29, 1.82) is 0 Å². The van der Waals surface area contributed by atoms with Gasteiger partial charge in [-0.15, -0.1) is 0 Å². The van der Waals surface area contributed by atoms with E-state index < -0.39 is 0 Å². The minimum Gasteiger partial charge on any atom is -0.493 e. The van der Waals surface area contributed by atoms with Gasteiger partial charge in [0.15, 0.2) is 11.5 Å².